The number of amides is 10. The van der Waals surface area contributed by atoms with E-state index in [1.54, 1.807) is 55.4 Å². The smallest absolute Gasteiger partial charge is 0.326 e. The van der Waals surface area contributed by atoms with E-state index in [0.717, 1.165) is 0 Å². The number of nitrogens with two attached hydrogens (primary N) is 4. The molecule has 0 saturated heterocycles. The van der Waals surface area contributed by atoms with Crippen LogP contribution in [0.5, 0.6) is 0 Å². The molecule has 71 heavy (non-hydrogen) atoms. The number of carboxylic acids is 2. The topological polar surface area (TPSA) is 446 Å². The Morgan fingerprint density at radius 3 is 1.25 bits per heavy atom. The van der Waals surface area contributed by atoms with Gasteiger partial charge in [-0.05, 0) is 75.7 Å². The lowest BCUT2D eigenvalue weighted by Crippen LogP contribution is -2.62. The second-order valence-corrected chi connectivity index (χ2v) is 18.9. The lowest BCUT2D eigenvalue weighted by atomic mass is 9.95. The van der Waals surface area contributed by atoms with Crippen molar-refractivity contribution in [3.8, 4) is 0 Å². The number of primary amides is 2. The summed E-state index contributed by atoms with van der Waals surface area (Å²) in [6.07, 6.45) is -1.33. The van der Waals surface area contributed by atoms with Crippen molar-refractivity contribution in [1.82, 2.24) is 42.5 Å². The molecule has 0 aromatic rings. The van der Waals surface area contributed by atoms with Crippen molar-refractivity contribution in [2.75, 3.05) is 6.54 Å². The first-order valence-corrected chi connectivity index (χ1v) is 23.9. The molecule has 0 unspecified atom stereocenters. The van der Waals surface area contributed by atoms with E-state index in [1.807, 2.05) is 0 Å². The van der Waals surface area contributed by atoms with Crippen LogP contribution >= 0.6 is 0 Å². The van der Waals surface area contributed by atoms with Gasteiger partial charge in [0.05, 0.1) is 18.9 Å². The molecule has 0 heterocycles. The second-order valence-electron chi connectivity index (χ2n) is 18.9. The third-order valence-corrected chi connectivity index (χ3v) is 11.1. The number of carbonyl (C=O) groups excluding carboxylic acids is 10. The van der Waals surface area contributed by atoms with Crippen LogP contribution < -0.4 is 65.5 Å². The number of carbonyl (C=O) groups is 12. The molecule has 10 amide bonds. The zero-order valence-corrected chi connectivity index (χ0v) is 42.4. The number of unbranched alkanes of at least 4 members (excludes halogenated alkanes) is 1. The van der Waals surface area contributed by atoms with Crippen LogP contribution in [-0.4, -0.2) is 142 Å². The molecule has 0 fully saturated rings. The molecule has 0 saturated carbocycles. The van der Waals surface area contributed by atoms with Crippen molar-refractivity contribution in [1.29, 1.82) is 0 Å². The van der Waals surface area contributed by atoms with Crippen LogP contribution in [0.1, 0.15) is 127 Å². The van der Waals surface area contributed by atoms with Crippen LogP contribution in [0, 0.1) is 23.7 Å². The predicted octanol–water partition coefficient (Wildman–Crippen LogP) is -3.16. The average Bonchev–Trinajstić information content (AvgIpc) is 3.25. The van der Waals surface area contributed by atoms with Gasteiger partial charge in [0.25, 0.3) is 0 Å². The van der Waals surface area contributed by atoms with Crippen LogP contribution in [-0.2, 0) is 57.5 Å². The zero-order chi connectivity index (χ0) is 54.9. The summed E-state index contributed by atoms with van der Waals surface area (Å²) < 4.78 is 0. The summed E-state index contributed by atoms with van der Waals surface area (Å²) in [6.45, 7) is 15.1. The third-order valence-electron chi connectivity index (χ3n) is 11.1. The molecule has 10 atom stereocenters. The predicted molar refractivity (Wildman–Crippen MR) is 257 cm³/mol. The lowest BCUT2D eigenvalue weighted by Gasteiger charge is -2.30. The standard InChI is InChI=1S/C45H80N12O14/c1-10-24(8)36(44(69)55-31(20-33(49)59)42(67)56-35(23(6)7)43(68)51-27(45(70)71)13-11-12-16-46)57-41(66)29(18-22(4)5)54-39(64)28(17-21(2)3)53-38(63)26(14-15-34(60)61)50-40(65)30(19-32(48)58)52-37(62)25(9)47/h21-31,35-36H,10-20,46-47H2,1-9H3,(H2,48,58)(H2,49,59)(H,50,65)(H,51,68)(H,52,62)(H,53,63)(H,54,64)(H,55,69)(H,56,67)(H,57,66)(H,60,61)(H,70,71)/t24-,25-,26-,27-,28-,29-,30-,31-,35-,36-/m0/s1. The fourth-order valence-electron chi connectivity index (χ4n) is 6.90. The van der Waals surface area contributed by atoms with Gasteiger partial charge >= 0.3 is 11.9 Å². The molecule has 0 aliphatic rings. The van der Waals surface area contributed by atoms with Crippen molar-refractivity contribution in [2.45, 2.75) is 181 Å². The number of rotatable bonds is 35. The molecule has 0 aliphatic heterocycles. The Bertz CT molecular complexity index is 1860. The number of aliphatic carboxylic acids is 2. The molecule has 18 N–H and O–H groups in total. The van der Waals surface area contributed by atoms with E-state index < -0.39 is 163 Å². The van der Waals surface area contributed by atoms with Crippen LogP contribution in [0.2, 0.25) is 0 Å². The summed E-state index contributed by atoms with van der Waals surface area (Å²) in [5.74, 6) is -13.9. The van der Waals surface area contributed by atoms with Crippen LogP contribution in [0.15, 0.2) is 0 Å². The van der Waals surface area contributed by atoms with Crippen molar-refractivity contribution >= 4 is 71.0 Å². The molecular weight excluding hydrogens is 933 g/mol. The summed E-state index contributed by atoms with van der Waals surface area (Å²) in [5.41, 5.74) is 21.8. The van der Waals surface area contributed by atoms with E-state index in [2.05, 4.69) is 42.5 Å². The highest BCUT2D eigenvalue weighted by Gasteiger charge is 2.37. The quantitative estimate of drug-likeness (QED) is 0.0279. The summed E-state index contributed by atoms with van der Waals surface area (Å²) in [5, 5.41) is 38.8. The van der Waals surface area contributed by atoms with Crippen LogP contribution in [0.3, 0.4) is 0 Å². The van der Waals surface area contributed by atoms with Gasteiger partial charge in [-0.1, -0.05) is 61.8 Å². The van der Waals surface area contributed by atoms with Gasteiger partial charge in [-0.25, -0.2) is 4.79 Å². The first kappa shape index (κ1) is 64.6. The van der Waals surface area contributed by atoms with Gasteiger partial charge in [0.15, 0.2) is 0 Å². The van der Waals surface area contributed by atoms with E-state index in [-0.39, 0.29) is 31.1 Å². The molecule has 0 bridgehead atoms. The maximum Gasteiger partial charge on any atom is 0.326 e. The van der Waals surface area contributed by atoms with Gasteiger partial charge in [-0.15, -0.1) is 0 Å². The van der Waals surface area contributed by atoms with Gasteiger partial charge in [-0.2, -0.15) is 0 Å². The normalized spacial score (nSPS) is 15.5. The Hall–Kier alpha value is -6.44. The SMILES string of the molecule is CC[C@H](C)[C@H](NC(=O)[C@H](CC(C)C)NC(=O)[C@H](CC(C)C)NC(=O)[C@H](CCC(=O)O)NC(=O)[C@H](CC(N)=O)NC(=O)[C@H](C)N)C(=O)N[C@@H](CC(N)=O)C(=O)N[C@H](C(=O)N[C@@H](CCCCN)C(=O)O)C(C)C. The molecular formula is C45H80N12O14. The van der Waals surface area contributed by atoms with Crippen molar-refractivity contribution in [3.05, 3.63) is 0 Å². The first-order valence-electron chi connectivity index (χ1n) is 23.9. The average molecular weight is 1010 g/mol. The van der Waals surface area contributed by atoms with Crippen LogP contribution in [0.25, 0.3) is 0 Å². The minimum absolute atomic E-state index is 0.00155. The highest BCUT2D eigenvalue weighted by molar-refractivity contribution is 5.99. The van der Waals surface area contributed by atoms with Crippen molar-refractivity contribution in [3.63, 3.8) is 0 Å². The van der Waals surface area contributed by atoms with Gasteiger partial charge in [0, 0.05) is 6.42 Å². The van der Waals surface area contributed by atoms with Crippen molar-refractivity contribution < 1.29 is 67.7 Å². The van der Waals surface area contributed by atoms with Gasteiger partial charge < -0.3 is 75.7 Å². The molecule has 0 radical (unpaired) electrons. The van der Waals surface area contributed by atoms with E-state index >= 15 is 0 Å². The Balaban J connectivity index is 6.68. The molecule has 0 spiro atoms. The fourth-order valence-corrected chi connectivity index (χ4v) is 6.90. The first-order chi connectivity index (χ1) is 32.9. The molecule has 26 nitrogen and oxygen atoms in total. The summed E-state index contributed by atoms with van der Waals surface area (Å²) >= 11 is 0. The third kappa shape index (κ3) is 25.3. The van der Waals surface area contributed by atoms with Crippen molar-refractivity contribution in [2.24, 2.45) is 46.6 Å². The lowest BCUT2D eigenvalue weighted by molar-refractivity contribution is -0.143. The Morgan fingerprint density at radius 1 is 0.465 bits per heavy atom. The fraction of sp³-hybridized carbons (Fsp3) is 0.733. The summed E-state index contributed by atoms with van der Waals surface area (Å²) in [6, 6.07) is -12.7. The maximum atomic E-state index is 14.2. The zero-order valence-electron chi connectivity index (χ0n) is 42.4. The number of nitrogens with one attached hydrogen (secondary N) is 8. The van der Waals surface area contributed by atoms with Gasteiger partial charge in [-0.3, -0.25) is 52.7 Å². The Morgan fingerprint density at radius 2 is 0.845 bits per heavy atom. The van der Waals surface area contributed by atoms with Crippen LogP contribution in [0.4, 0.5) is 0 Å². The van der Waals surface area contributed by atoms with Gasteiger partial charge in [0.1, 0.15) is 48.3 Å². The van der Waals surface area contributed by atoms with E-state index in [0.29, 0.717) is 25.8 Å². The number of carboxylic acid groups (broad SMARTS) is 2. The molecule has 0 aromatic carbocycles. The van der Waals surface area contributed by atoms with E-state index in [1.165, 1.54) is 6.92 Å². The number of hydrogen-bond acceptors (Lipinski definition) is 14. The van der Waals surface area contributed by atoms with E-state index in [9.17, 15) is 67.7 Å². The number of hydrogen-bond donors (Lipinski definition) is 14. The monoisotopic (exact) mass is 1010 g/mol. The molecule has 26 heteroatoms. The molecule has 404 valence electrons. The maximum absolute atomic E-state index is 14.2. The minimum atomic E-state index is -1.67. The second kappa shape index (κ2) is 32.4. The highest BCUT2D eigenvalue weighted by Crippen LogP contribution is 2.14. The van der Waals surface area contributed by atoms with Gasteiger partial charge in [0.2, 0.25) is 59.1 Å². The summed E-state index contributed by atoms with van der Waals surface area (Å²) in [7, 11) is 0. The largest absolute Gasteiger partial charge is 0.481 e. The molecule has 0 aliphatic carbocycles. The minimum Gasteiger partial charge on any atom is -0.481 e. The Labute approximate surface area is 414 Å². The van der Waals surface area contributed by atoms with E-state index in [4.69, 9.17) is 22.9 Å². The summed E-state index contributed by atoms with van der Waals surface area (Å²) in [4.78, 5) is 156. The Kier molecular flexibility index (Phi) is 29.5. The molecule has 0 aromatic heterocycles. The highest BCUT2D eigenvalue weighted by atomic mass is 16.4. The molecule has 0 rings (SSSR count).